The first kappa shape index (κ1) is 22.5. The van der Waals surface area contributed by atoms with E-state index < -0.39 is 28.9 Å². The molecular weight excluding hydrogens is 398 g/mol. The lowest BCUT2D eigenvalue weighted by atomic mass is 9.88. The van der Waals surface area contributed by atoms with Gasteiger partial charge < -0.3 is 4.74 Å². The van der Waals surface area contributed by atoms with E-state index in [9.17, 15) is 14.4 Å². The second-order valence-corrected chi connectivity index (χ2v) is 9.06. The molecule has 2 heterocycles. The number of aryl methyl sites for hydroxylation is 1. The predicted octanol–water partition coefficient (Wildman–Crippen LogP) is 3.31. The van der Waals surface area contributed by atoms with Gasteiger partial charge in [-0.15, -0.1) is 0 Å². The summed E-state index contributed by atoms with van der Waals surface area (Å²) >= 11 is 0. The van der Waals surface area contributed by atoms with Crippen molar-refractivity contribution in [3.8, 4) is 0 Å². The van der Waals surface area contributed by atoms with Crippen LogP contribution in [0.15, 0.2) is 51.8 Å². The molecule has 1 aliphatic heterocycles. The van der Waals surface area contributed by atoms with Gasteiger partial charge in [0.1, 0.15) is 5.54 Å². The van der Waals surface area contributed by atoms with Crippen molar-refractivity contribution in [1.82, 2.24) is 14.6 Å². The van der Waals surface area contributed by atoms with E-state index in [1.807, 2.05) is 39.0 Å². The largest absolute Gasteiger partial charge is 0.441 e. The molecule has 1 amide bonds. The molecule has 31 heavy (non-hydrogen) atoms. The van der Waals surface area contributed by atoms with Gasteiger partial charge in [-0.2, -0.15) is 0 Å². The second-order valence-electron chi connectivity index (χ2n) is 9.06. The first-order chi connectivity index (χ1) is 14.6. The van der Waals surface area contributed by atoms with Gasteiger partial charge in [0.2, 0.25) is 0 Å². The van der Waals surface area contributed by atoms with Crippen molar-refractivity contribution in [2.24, 2.45) is 5.41 Å². The molecule has 1 aromatic heterocycles. The third-order valence-electron chi connectivity index (χ3n) is 5.52. The SMILES string of the molecule is Cc1noc(=O)n1C/C=C\CC[C@]1(C)C(=O)O[C@H](C(C)(C)C)N1C(=O)c1ccccc1. The van der Waals surface area contributed by atoms with Crippen LogP contribution in [0.5, 0.6) is 0 Å². The number of ether oxygens (including phenoxy) is 1. The molecule has 0 saturated carbocycles. The van der Waals surface area contributed by atoms with E-state index in [2.05, 4.69) is 9.68 Å². The number of hydrogen-bond acceptors (Lipinski definition) is 6. The zero-order valence-electron chi connectivity index (χ0n) is 18.6. The van der Waals surface area contributed by atoms with Gasteiger partial charge in [-0.25, -0.2) is 9.59 Å². The molecule has 0 N–H and O–H groups in total. The number of benzene rings is 1. The minimum absolute atomic E-state index is 0.232. The molecule has 3 rings (SSSR count). The summed E-state index contributed by atoms with van der Waals surface area (Å²) in [6.07, 6.45) is 3.96. The van der Waals surface area contributed by atoms with E-state index in [0.717, 1.165) is 0 Å². The Morgan fingerprint density at radius 3 is 2.45 bits per heavy atom. The minimum Gasteiger partial charge on any atom is -0.439 e. The van der Waals surface area contributed by atoms with Crippen molar-refractivity contribution in [3.05, 3.63) is 64.4 Å². The zero-order chi connectivity index (χ0) is 22.8. The molecule has 0 bridgehead atoms. The summed E-state index contributed by atoms with van der Waals surface area (Å²) in [6.45, 7) is 9.60. The molecule has 2 aromatic rings. The molecule has 0 aliphatic carbocycles. The van der Waals surface area contributed by atoms with E-state index in [-0.39, 0.29) is 5.91 Å². The van der Waals surface area contributed by atoms with Crippen molar-refractivity contribution in [3.63, 3.8) is 0 Å². The van der Waals surface area contributed by atoms with Crippen LogP contribution in [0.2, 0.25) is 0 Å². The standard InChI is InChI=1S/C23H29N3O5/c1-16-24-31-21(29)25(16)15-11-7-10-14-23(5)20(28)30-19(22(2,3)4)26(23)18(27)17-12-8-6-9-13-17/h6-9,11-13,19H,10,14-15H2,1-5H3/b11-7-/t19-,23-/m1/s1. The normalized spacial score (nSPS) is 21.6. The number of amides is 1. The Morgan fingerprint density at radius 1 is 1.19 bits per heavy atom. The maximum absolute atomic E-state index is 13.4. The maximum Gasteiger partial charge on any atom is 0.441 e. The smallest absolute Gasteiger partial charge is 0.439 e. The molecule has 8 nitrogen and oxygen atoms in total. The number of esters is 1. The third-order valence-corrected chi connectivity index (χ3v) is 5.52. The van der Waals surface area contributed by atoms with Gasteiger partial charge in [-0.3, -0.25) is 18.8 Å². The van der Waals surface area contributed by atoms with Crippen LogP contribution in [0.3, 0.4) is 0 Å². The van der Waals surface area contributed by atoms with E-state index in [1.165, 1.54) is 4.57 Å². The summed E-state index contributed by atoms with van der Waals surface area (Å²) in [6, 6.07) is 8.92. The highest BCUT2D eigenvalue weighted by Gasteiger charge is 2.57. The lowest BCUT2D eigenvalue weighted by molar-refractivity contribution is -0.148. The first-order valence-electron chi connectivity index (χ1n) is 10.3. The Hall–Kier alpha value is -3.16. The Balaban J connectivity index is 1.80. The molecule has 0 spiro atoms. The summed E-state index contributed by atoms with van der Waals surface area (Å²) in [5.41, 5.74) is -1.03. The molecule has 1 fully saturated rings. The molecule has 1 aromatic carbocycles. The van der Waals surface area contributed by atoms with Crippen LogP contribution in [-0.2, 0) is 16.1 Å². The highest BCUT2D eigenvalue weighted by Crippen LogP contribution is 2.41. The molecular formula is C23H29N3O5. The maximum atomic E-state index is 13.4. The Morgan fingerprint density at radius 2 is 1.87 bits per heavy atom. The van der Waals surface area contributed by atoms with Crippen LogP contribution in [0.4, 0.5) is 0 Å². The predicted molar refractivity (Wildman–Crippen MR) is 114 cm³/mol. The summed E-state index contributed by atoms with van der Waals surface area (Å²) < 4.78 is 11.7. The van der Waals surface area contributed by atoms with Gasteiger partial charge in [-0.05, 0) is 38.8 Å². The van der Waals surface area contributed by atoms with E-state index >= 15 is 0 Å². The fourth-order valence-electron chi connectivity index (χ4n) is 3.68. The third kappa shape index (κ3) is 4.47. The van der Waals surface area contributed by atoms with Crippen LogP contribution in [-0.4, -0.2) is 38.3 Å². The van der Waals surface area contributed by atoms with E-state index in [1.54, 1.807) is 43.0 Å². The van der Waals surface area contributed by atoms with E-state index in [0.29, 0.717) is 30.8 Å². The number of cyclic esters (lactones) is 1. The Labute approximate surface area is 181 Å². The van der Waals surface area contributed by atoms with Crippen LogP contribution < -0.4 is 5.76 Å². The van der Waals surface area contributed by atoms with Gasteiger partial charge in [-0.1, -0.05) is 56.3 Å². The molecule has 166 valence electrons. The molecule has 2 atom stereocenters. The quantitative estimate of drug-likeness (QED) is 0.519. The fraction of sp³-hybridized carbons (Fsp3) is 0.478. The molecule has 8 heteroatoms. The highest BCUT2D eigenvalue weighted by molar-refractivity contribution is 5.99. The van der Waals surface area contributed by atoms with Gasteiger partial charge in [0.15, 0.2) is 12.1 Å². The minimum atomic E-state index is -1.10. The number of hydrogen-bond donors (Lipinski definition) is 0. The number of carbonyl (C=O) groups is 2. The molecule has 1 aliphatic rings. The monoisotopic (exact) mass is 427 g/mol. The van der Waals surface area contributed by atoms with Gasteiger partial charge >= 0.3 is 11.7 Å². The highest BCUT2D eigenvalue weighted by atomic mass is 16.6. The van der Waals surface area contributed by atoms with Crippen molar-refractivity contribution in [2.75, 3.05) is 0 Å². The van der Waals surface area contributed by atoms with E-state index in [4.69, 9.17) is 4.74 Å². The van der Waals surface area contributed by atoms with Crippen molar-refractivity contribution >= 4 is 11.9 Å². The lowest BCUT2D eigenvalue weighted by Gasteiger charge is -2.38. The van der Waals surface area contributed by atoms with Crippen LogP contribution in [0, 0.1) is 12.3 Å². The van der Waals surface area contributed by atoms with Crippen LogP contribution in [0.25, 0.3) is 0 Å². The summed E-state index contributed by atoms with van der Waals surface area (Å²) in [5, 5.41) is 3.62. The van der Waals surface area contributed by atoms with Crippen LogP contribution >= 0.6 is 0 Å². The number of allylic oxidation sites excluding steroid dienone is 2. The van der Waals surface area contributed by atoms with Gasteiger partial charge in [0, 0.05) is 17.5 Å². The average Bonchev–Trinajstić information content (AvgIpc) is 3.18. The van der Waals surface area contributed by atoms with Crippen molar-refractivity contribution in [1.29, 1.82) is 0 Å². The second kappa shape index (κ2) is 8.53. The summed E-state index contributed by atoms with van der Waals surface area (Å²) in [4.78, 5) is 39.5. The zero-order valence-corrected chi connectivity index (χ0v) is 18.6. The summed E-state index contributed by atoms with van der Waals surface area (Å²) in [5.74, 6) is -0.657. The van der Waals surface area contributed by atoms with Crippen molar-refractivity contribution in [2.45, 2.75) is 65.8 Å². The molecule has 1 saturated heterocycles. The summed E-state index contributed by atoms with van der Waals surface area (Å²) in [7, 11) is 0. The Bertz CT molecular complexity index is 1030. The molecule has 0 unspecified atom stereocenters. The lowest BCUT2D eigenvalue weighted by Crippen LogP contribution is -2.54. The fourth-order valence-corrected chi connectivity index (χ4v) is 3.68. The Kier molecular flexibility index (Phi) is 6.20. The van der Waals surface area contributed by atoms with Crippen molar-refractivity contribution < 1.29 is 18.8 Å². The van der Waals surface area contributed by atoms with Gasteiger partial charge in [0.05, 0.1) is 0 Å². The van der Waals surface area contributed by atoms with Crippen LogP contribution in [0.1, 0.15) is 56.7 Å². The number of aromatic nitrogens is 2. The average molecular weight is 428 g/mol. The number of carbonyl (C=O) groups excluding carboxylic acids is 2. The number of rotatable bonds is 6. The topological polar surface area (TPSA) is 94.6 Å². The first-order valence-corrected chi connectivity index (χ1v) is 10.3. The number of nitrogens with zero attached hydrogens (tertiary/aromatic N) is 3. The molecule has 0 radical (unpaired) electrons. The van der Waals surface area contributed by atoms with Gasteiger partial charge in [0.25, 0.3) is 5.91 Å².